The molecule has 8 heteroatoms. The second-order valence-electron chi connectivity index (χ2n) is 7.12. The number of aryl methyl sites for hydroxylation is 2. The predicted octanol–water partition coefficient (Wildman–Crippen LogP) is 1.60. The molecule has 0 bridgehead atoms. The molecule has 0 saturated carbocycles. The quantitative estimate of drug-likeness (QED) is 0.803. The molecule has 3 rings (SSSR count). The van der Waals surface area contributed by atoms with E-state index in [2.05, 4.69) is 10.6 Å². The summed E-state index contributed by atoms with van der Waals surface area (Å²) >= 11 is 0. The van der Waals surface area contributed by atoms with Crippen LogP contribution in [0.4, 0.5) is 0 Å². The van der Waals surface area contributed by atoms with Crippen molar-refractivity contribution in [2.75, 3.05) is 26.2 Å². The Morgan fingerprint density at radius 1 is 1.15 bits per heavy atom. The van der Waals surface area contributed by atoms with Crippen molar-refractivity contribution in [3.05, 3.63) is 29.3 Å². The number of rotatable bonds is 4. The lowest BCUT2D eigenvalue weighted by Gasteiger charge is -2.31. The number of halogens is 1. The molecule has 1 aromatic carbocycles. The first-order chi connectivity index (χ1) is 11.9. The Labute approximate surface area is 162 Å². The minimum absolute atomic E-state index is 0. The minimum Gasteiger partial charge on any atom is -0.352 e. The maximum Gasteiger partial charge on any atom is 0.243 e. The lowest BCUT2D eigenvalue weighted by Crippen LogP contribution is -2.45. The van der Waals surface area contributed by atoms with Gasteiger partial charge in [0.2, 0.25) is 15.9 Å². The molecule has 1 unspecified atom stereocenters. The normalized spacial score (nSPS) is 22.0. The van der Waals surface area contributed by atoms with Crippen molar-refractivity contribution in [2.24, 2.45) is 5.92 Å². The average Bonchev–Trinajstić information content (AvgIpc) is 3.10. The Morgan fingerprint density at radius 3 is 2.42 bits per heavy atom. The molecule has 0 spiro atoms. The molecule has 2 saturated heterocycles. The molecule has 1 amide bonds. The lowest BCUT2D eigenvalue weighted by molar-refractivity contribution is -0.126. The third-order valence-electron chi connectivity index (χ3n) is 5.35. The summed E-state index contributed by atoms with van der Waals surface area (Å²) in [5.41, 5.74) is 2.05. The van der Waals surface area contributed by atoms with Crippen LogP contribution in [-0.4, -0.2) is 50.9 Å². The standard InChI is InChI=1S/C18H27N3O3S.ClH/c1-13-3-4-17(11-14(13)2)25(23,24)21-9-6-15(7-10-21)18(22)20-16-5-8-19-12-16;/h3-4,11,15-16,19H,5-10,12H2,1-2H3,(H,20,22);1H. The van der Waals surface area contributed by atoms with Crippen molar-refractivity contribution >= 4 is 28.3 Å². The summed E-state index contributed by atoms with van der Waals surface area (Å²) in [6.07, 6.45) is 2.12. The van der Waals surface area contributed by atoms with Gasteiger partial charge in [0.25, 0.3) is 0 Å². The molecule has 6 nitrogen and oxygen atoms in total. The maximum atomic E-state index is 12.8. The van der Waals surface area contributed by atoms with Gasteiger partial charge in [-0.1, -0.05) is 6.07 Å². The molecule has 2 aliphatic rings. The van der Waals surface area contributed by atoms with E-state index < -0.39 is 10.0 Å². The summed E-state index contributed by atoms with van der Waals surface area (Å²) in [5.74, 6) is -0.0243. The summed E-state index contributed by atoms with van der Waals surface area (Å²) in [6.45, 7) is 6.45. The Kier molecular flexibility index (Phi) is 7.07. The monoisotopic (exact) mass is 401 g/mol. The van der Waals surface area contributed by atoms with Gasteiger partial charge in [-0.15, -0.1) is 12.4 Å². The highest BCUT2D eigenvalue weighted by atomic mass is 35.5. The molecule has 146 valence electrons. The summed E-state index contributed by atoms with van der Waals surface area (Å²) < 4.78 is 27.2. The van der Waals surface area contributed by atoms with Crippen LogP contribution in [0, 0.1) is 19.8 Å². The molecule has 1 atom stereocenters. The number of sulfonamides is 1. The van der Waals surface area contributed by atoms with Gasteiger partial charge < -0.3 is 10.6 Å². The highest BCUT2D eigenvalue weighted by Crippen LogP contribution is 2.25. The van der Waals surface area contributed by atoms with Crippen LogP contribution in [-0.2, 0) is 14.8 Å². The van der Waals surface area contributed by atoms with E-state index in [9.17, 15) is 13.2 Å². The van der Waals surface area contributed by atoms with Gasteiger partial charge in [-0.3, -0.25) is 4.79 Å². The number of carbonyl (C=O) groups excluding carboxylic acids is 1. The molecule has 1 aromatic rings. The first kappa shape index (κ1) is 21.2. The lowest BCUT2D eigenvalue weighted by atomic mass is 9.97. The summed E-state index contributed by atoms with van der Waals surface area (Å²) in [5, 5.41) is 6.31. The number of nitrogens with one attached hydrogen (secondary N) is 2. The fourth-order valence-electron chi connectivity index (χ4n) is 3.48. The Bertz CT molecular complexity index is 740. The zero-order valence-electron chi connectivity index (χ0n) is 15.3. The van der Waals surface area contributed by atoms with Crippen molar-refractivity contribution in [1.82, 2.24) is 14.9 Å². The number of amides is 1. The van der Waals surface area contributed by atoms with E-state index in [1.807, 2.05) is 19.9 Å². The van der Waals surface area contributed by atoms with Gasteiger partial charge in [-0.25, -0.2) is 8.42 Å². The fourth-order valence-corrected chi connectivity index (χ4v) is 5.03. The van der Waals surface area contributed by atoms with Crippen LogP contribution in [0.25, 0.3) is 0 Å². The molecule has 0 aromatic heterocycles. The number of carbonyl (C=O) groups is 1. The SMILES string of the molecule is Cc1ccc(S(=O)(=O)N2CCC(C(=O)NC3CCNC3)CC2)cc1C.Cl. The number of nitrogens with zero attached hydrogens (tertiary/aromatic N) is 1. The second kappa shape index (κ2) is 8.69. The van der Waals surface area contributed by atoms with E-state index in [-0.39, 0.29) is 30.3 Å². The number of piperidine rings is 1. The highest BCUT2D eigenvalue weighted by molar-refractivity contribution is 7.89. The molecular weight excluding hydrogens is 374 g/mol. The third kappa shape index (κ3) is 4.57. The number of hydrogen-bond donors (Lipinski definition) is 2. The largest absolute Gasteiger partial charge is 0.352 e. The predicted molar refractivity (Wildman–Crippen MR) is 104 cm³/mol. The summed E-state index contributed by atoms with van der Waals surface area (Å²) in [7, 11) is -3.48. The maximum absolute atomic E-state index is 12.8. The van der Waals surface area contributed by atoms with Crippen LogP contribution in [0.3, 0.4) is 0 Å². The van der Waals surface area contributed by atoms with Crippen LogP contribution in [0.1, 0.15) is 30.4 Å². The first-order valence-electron chi connectivity index (χ1n) is 8.96. The van der Waals surface area contributed by atoms with Gasteiger partial charge in [-0.05, 0) is 62.9 Å². The Balaban J connectivity index is 0.00000243. The topological polar surface area (TPSA) is 78.5 Å². The third-order valence-corrected chi connectivity index (χ3v) is 7.24. The van der Waals surface area contributed by atoms with Gasteiger partial charge in [0.1, 0.15) is 0 Å². The number of hydrogen-bond acceptors (Lipinski definition) is 4. The smallest absolute Gasteiger partial charge is 0.243 e. The minimum atomic E-state index is -3.48. The average molecular weight is 402 g/mol. The highest BCUT2D eigenvalue weighted by Gasteiger charge is 2.33. The van der Waals surface area contributed by atoms with Crippen LogP contribution in [0.5, 0.6) is 0 Å². The van der Waals surface area contributed by atoms with Crippen molar-refractivity contribution in [3.63, 3.8) is 0 Å². The molecule has 2 heterocycles. The summed E-state index contributed by atoms with van der Waals surface area (Å²) in [6, 6.07) is 5.46. The molecule has 2 N–H and O–H groups in total. The summed E-state index contributed by atoms with van der Waals surface area (Å²) in [4.78, 5) is 12.7. The van der Waals surface area contributed by atoms with Crippen LogP contribution in [0.2, 0.25) is 0 Å². The van der Waals surface area contributed by atoms with Crippen molar-refractivity contribution < 1.29 is 13.2 Å². The van der Waals surface area contributed by atoms with E-state index in [1.165, 1.54) is 4.31 Å². The van der Waals surface area contributed by atoms with Gasteiger partial charge >= 0.3 is 0 Å². The van der Waals surface area contributed by atoms with Crippen molar-refractivity contribution in [2.45, 2.75) is 44.0 Å². The van der Waals surface area contributed by atoms with E-state index in [0.29, 0.717) is 30.8 Å². The molecule has 0 aliphatic carbocycles. The van der Waals surface area contributed by atoms with E-state index in [4.69, 9.17) is 0 Å². The first-order valence-corrected chi connectivity index (χ1v) is 10.4. The Morgan fingerprint density at radius 2 is 1.85 bits per heavy atom. The number of benzene rings is 1. The zero-order valence-corrected chi connectivity index (χ0v) is 17.0. The van der Waals surface area contributed by atoms with Crippen LogP contribution in [0.15, 0.2) is 23.1 Å². The van der Waals surface area contributed by atoms with E-state index >= 15 is 0 Å². The van der Waals surface area contributed by atoms with Crippen molar-refractivity contribution in [1.29, 1.82) is 0 Å². The zero-order chi connectivity index (χ0) is 18.0. The van der Waals surface area contributed by atoms with Crippen molar-refractivity contribution in [3.8, 4) is 0 Å². The van der Waals surface area contributed by atoms with E-state index in [0.717, 1.165) is 30.6 Å². The van der Waals surface area contributed by atoms with Gasteiger partial charge in [0, 0.05) is 31.6 Å². The van der Waals surface area contributed by atoms with Gasteiger partial charge in [0.15, 0.2) is 0 Å². The Hall–Kier alpha value is -1.15. The molecule has 2 aliphatic heterocycles. The van der Waals surface area contributed by atoms with Gasteiger partial charge in [-0.2, -0.15) is 4.31 Å². The molecule has 2 fully saturated rings. The molecular formula is C18H28ClN3O3S. The van der Waals surface area contributed by atoms with E-state index in [1.54, 1.807) is 12.1 Å². The fraction of sp³-hybridized carbons (Fsp3) is 0.611. The van der Waals surface area contributed by atoms with Gasteiger partial charge in [0.05, 0.1) is 4.90 Å². The molecule has 26 heavy (non-hydrogen) atoms. The molecule has 0 radical (unpaired) electrons. The van der Waals surface area contributed by atoms with Crippen LogP contribution < -0.4 is 10.6 Å². The van der Waals surface area contributed by atoms with Crippen LogP contribution >= 0.6 is 12.4 Å². The second-order valence-corrected chi connectivity index (χ2v) is 9.06.